The zero-order valence-corrected chi connectivity index (χ0v) is 30.4. The van der Waals surface area contributed by atoms with Crippen LogP contribution >= 0.6 is 0 Å². The van der Waals surface area contributed by atoms with Crippen LogP contribution in [0.1, 0.15) is 54.4 Å². The first-order chi connectivity index (χ1) is 22.0. The monoisotopic (exact) mass is 797 g/mol. The van der Waals surface area contributed by atoms with Crippen molar-refractivity contribution in [2.75, 3.05) is 0 Å². The van der Waals surface area contributed by atoms with Crippen LogP contribution in [-0.4, -0.2) is 19.3 Å². The first kappa shape index (κ1) is 32.5. The molecular formula is C41H38N4OPt. The van der Waals surface area contributed by atoms with Crippen molar-refractivity contribution in [1.29, 1.82) is 0 Å². The van der Waals surface area contributed by atoms with Crippen molar-refractivity contribution in [3.63, 3.8) is 0 Å². The van der Waals surface area contributed by atoms with Gasteiger partial charge in [0.1, 0.15) is 5.82 Å². The minimum absolute atomic E-state index is 0. The van der Waals surface area contributed by atoms with Gasteiger partial charge in [0.15, 0.2) is 0 Å². The second-order valence-corrected chi connectivity index (χ2v) is 13.4. The van der Waals surface area contributed by atoms with Crippen LogP contribution in [0.15, 0.2) is 85.1 Å². The van der Waals surface area contributed by atoms with E-state index in [1.165, 1.54) is 27.8 Å². The van der Waals surface area contributed by atoms with Gasteiger partial charge < -0.3 is 9.30 Å². The second-order valence-electron chi connectivity index (χ2n) is 13.4. The summed E-state index contributed by atoms with van der Waals surface area (Å²) in [5.41, 5.74) is 12.2. The minimum Gasteiger partial charge on any atom is -0.509 e. The summed E-state index contributed by atoms with van der Waals surface area (Å²) in [4.78, 5) is 4.70. The molecule has 7 aromatic rings. The Morgan fingerprint density at radius 1 is 0.702 bits per heavy atom. The summed E-state index contributed by atoms with van der Waals surface area (Å²) in [5.74, 6) is 2.06. The molecule has 4 aromatic carbocycles. The van der Waals surface area contributed by atoms with Crippen molar-refractivity contribution in [2.45, 2.75) is 60.8 Å². The Bertz CT molecular complexity index is 2260. The molecule has 0 aliphatic rings. The molecule has 0 aliphatic carbocycles. The van der Waals surface area contributed by atoms with Gasteiger partial charge in [-0.25, -0.2) is 4.98 Å². The van der Waals surface area contributed by atoms with E-state index in [-0.39, 0.29) is 26.5 Å². The molecule has 3 aromatic heterocycles. The van der Waals surface area contributed by atoms with Gasteiger partial charge in [0.2, 0.25) is 0 Å². The molecule has 0 fully saturated rings. The van der Waals surface area contributed by atoms with Gasteiger partial charge in [-0.15, -0.1) is 35.7 Å². The number of benzene rings is 4. The number of hydrogen-bond donors (Lipinski definition) is 0. The molecule has 0 atom stereocenters. The molecule has 0 spiro atoms. The number of para-hydroxylation sites is 1. The molecule has 0 unspecified atom stereocenters. The number of aromatic nitrogens is 4. The largest absolute Gasteiger partial charge is 2.00 e. The molecule has 0 amide bonds. The van der Waals surface area contributed by atoms with Gasteiger partial charge in [-0.1, -0.05) is 62.2 Å². The smallest absolute Gasteiger partial charge is 0.509 e. The zero-order valence-electron chi connectivity index (χ0n) is 28.1. The third-order valence-corrected chi connectivity index (χ3v) is 8.59. The average molecular weight is 798 g/mol. The Labute approximate surface area is 291 Å². The number of aryl methyl sites for hydroxylation is 5. The first-order valence-electron chi connectivity index (χ1n) is 15.8. The summed E-state index contributed by atoms with van der Waals surface area (Å²) >= 11 is 0. The van der Waals surface area contributed by atoms with E-state index in [4.69, 9.17) is 14.8 Å². The van der Waals surface area contributed by atoms with Crippen LogP contribution in [0.4, 0.5) is 0 Å². The van der Waals surface area contributed by atoms with Crippen molar-refractivity contribution in [3.05, 3.63) is 131 Å². The number of hydrogen-bond acceptors (Lipinski definition) is 3. The van der Waals surface area contributed by atoms with E-state index in [2.05, 4.69) is 121 Å². The topological polar surface area (TPSA) is 44.9 Å². The van der Waals surface area contributed by atoms with Gasteiger partial charge in [-0.05, 0) is 86.1 Å². The molecule has 3 heterocycles. The van der Waals surface area contributed by atoms with Gasteiger partial charge >= 0.3 is 21.1 Å². The number of fused-ring (bicyclic) bond motifs is 3. The number of nitrogens with zero attached hydrogens (tertiary/aromatic N) is 4. The summed E-state index contributed by atoms with van der Waals surface area (Å²) < 4.78 is 10.7. The van der Waals surface area contributed by atoms with Gasteiger partial charge in [-0.3, -0.25) is 4.68 Å². The maximum absolute atomic E-state index is 6.47. The van der Waals surface area contributed by atoms with Crippen molar-refractivity contribution < 1.29 is 25.8 Å². The molecule has 238 valence electrons. The zero-order chi connectivity index (χ0) is 32.3. The fourth-order valence-corrected chi connectivity index (χ4v) is 6.82. The van der Waals surface area contributed by atoms with Crippen LogP contribution < -0.4 is 4.74 Å². The molecule has 0 radical (unpaired) electrons. The van der Waals surface area contributed by atoms with Gasteiger partial charge in [0.25, 0.3) is 0 Å². The van der Waals surface area contributed by atoms with Gasteiger partial charge in [-0.2, -0.15) is 17.2 Å². The molecule has 0 N–H and O–H groups in total. The van der Waals surface area contributed by atoms with Crippen LogP contribution in [0.2, 0.25) is 0 Å². The molecule has 47 heavy (non-hydrogen) atoms. The van der Waals surface area contributed by atoms with Crippen LogP contribution in [0.3, 0.4) is 0 Å². The standard InChI is InChI=1S/C41H38N4O.Pt/c1-25-18-19-42-37(22-25)44-35-15-10-9-14-33(35)34-17-16-32(24-36(34)44)46-31-13-11-12-30(23-31)45-40(41(6,7)8)39(29(5)43-45)38-27(3)20-26(2)21-28(38)4;/h9-22H,1-8H3;/q-2;+2. The fraction of sp³-hybridized carbons (Fsp3) is 0.220. The normalized spacial score (nSPS) is 11.7. The predicted molar refractivity (Wildman–Crippen MR) is 188 cm³/mol. The van der Waals surface area contributed by atoms with E-state index < -0.39 is 0 Å². The molecule has 6 heteroatoms. The number of pyridine rings is 1. The van der Waals surface area contributed by atoms with Crippen molar-refractivity contribution in [2.24, 2.45) is 0 Å². The SMILES string of the molecule is Cc1ccnc(-n2c3[c-]c(Oc4[c-]c(-n5nc(C)c(-c6c(C)cc(C)cc6C)c5C(C)(C)C)ccc4)ccc3c3ccccc32)c1.[Pt+2]. The average Bonchev–Trinajstić information content (AvgIpc) is 3.51. The molecule has 0 saturated heterocycles. The van der Waals surface area contributed by atoms with E-state index in [0.29, 0.717) is 11.5 Å². The molecular weight excluding hydrogens is 760 g/mol. The Morgan fingerprint density at radius 3 is 2.15 bits per heavy atom. The van der Waals surface area contributed by atoms with Crippen LogP contribution in [0.5, 0.6) is 11.5 Å². The third-order valence-electron chi connectivity index (χ3n) is 8.59. The Kier molecular flexibility index (Phi) is 8.48. The van der Waals surface area contributed by atoms with Crippen LogP contribution in [0.25, 0.3) is 44.4 Å². The summed E-state index contributed by atoms with van der Waals surface area (Å²) in [6.07, 6.45) is 1.85. The van der Waals surface area contributed by atoms with Crippen molar-refractivity contribution >= 4 is 21.8 Å². The Morgan fingerprint density at radius 2 is 1.43 bits per heavy atom. The van der Waals surface area contributed by atoms with Gasteiger partial charge in [0.05, 0.1) is 11.4 Å². The molecule has 5 nitrogen and oxygen atoms in total. The van der Waals surface area contributed by atoms with E-state index in [9.17, 15) is 0 Å². The fourth-order valence-electron chi connectivity index (χ4n) is 6.82. The van der Waals surface area contributed by atoms with E-state index in [1.54, 1.807) is 0 Å². The quantitative estimate of drug-likeness (QED) is 0.163. The minimum atomic E-state index is -0.179. The molecule has 7 rings (SSSR count). The molecule has 0 bridgehead atoms. The van der Waals surface area contributed by atoms with Crippen molar-refractivity contribution in [3.8, 4) is 34.1 Å². The summed E-state index contributed by atoms with van der Waals surface area (Å²) in [6, 6.07) is 34.1. The summed E-state index contributed by atoms with van der Waals surface area (Å²) in [5, 5.41) is 7.35. The van der Waals surface area contributed by atoms with E-state index >= 15 is 0 Å². The second kappa shape index (κ2) is 12.3. The Hall–Kier alpha value is -4.47. The van der Waals surface area contributed by atoms with Crippen LogP contribution in [0, 0.1) is 46.8 Å². The van der Waals surface area contributed by atoms with Crippen LogP contribution in [-0.2, 0) is 26.5 Å². The summed E-state index contributed by atoms with van der Waals surface area (Å²) in [7, 11) is 0. The van der Waals surface area contributed by atoms with E-state index in [1.807, 2.05) is 41.2 Å². The molecule has 0 aliphatic heterocycles. The first-order valence-corrected chi connectivity index (χ1v) is 15.8. The maximum Gasteiger partial charge on any atom is 2.00 e. The number of ether oxygens (including phenoxy) is 1. The van der Waals surface area contributed by atoms with E-state index in [0.717, 1.165) is 50.3 Å². The third kappa shape index (κ3) is 5.83. The maximum atomic E-state index is 6.47. The van der Waals surface area contributed by atoms with Gasteiger partial charge in [0, 0.05) is 34.2 Å². The van der Waals surface area contributed by atoms with Crippen molar-refractivity contribution in [1.82, 2.24) is 19.3 Å². The predicted octanol–water partition coefficient (Wildman–Crippen LogP) is 10.3. The number of rotatable bonds is 5. The Balaban J connectivity index is 0.00000386. The molecule has 0 saturated carbocycles. The summed E-state index contributed by atoms with van der Waals surface area (Å²) in [6.45, 7) is 17.5.